The van der Waals surface area contributed by atoms with Gasteiger partial charge in [0.2, 0.25) is 10.0 Å². The Bertz CT molecular complexity index is 776. The lowest BCUT2D eigenvalue weighted by molar-refractivity contribution is 0.0586. The smallest absolute Gasteiger partial charge is 0.254 e. The van der Waals surface area contributed by atoms with Gasteiger partial charge in [-0.1, -0.05) is 0 Å². The first-order chi connectivity index (χ1) is 11.2. The summed E-state index contributed by atoms with van der Waals surface area (Å²) < 4.78 is 23.7. The third-order valence-corrected chi connectivity index (χ3v) is 6.37. The molecule has 1 amide bonds. The predicted molar refractivity (Wildman–Crippen MR) is 92.3 cm³/mol. The standard InChI is InChI=1S/C17H25N3O3S/c1-11-6-14(7-16(12(11)2)24(18,22)23)17(21)20-9-13-4-5-15(20)10-19(3)8-13/h6-7,13,15H,4-5,8-10H2,1-3H3,(H2,18,22,23)/t13-,15+/m0/s1. The Labute approximate surface area is 143 Å². The maximum Gasteiger partial charge on any atom is 0.254 e. The van der Waals surface area contributed by atoms with Crippen LogP contribution in [0.4, 0.5) is 0 Å². The van der Waals surface area contributed by atoms with E-state index in [9.17, 15) is 13.2 Å². The Hall–Kier alpha value is -1.44. The zero-order chi connectivity index (χ0) is 17.6. The third-order valence-electron chi connectivity index (χ3n) is 5.33. The summed E-state index contributed by atoms with van der Waals surface area (Å²) in [7, 11) is -1.76. The van der Waals surface area contributed by atoms with Crippen LogP contribution in [0, 0.1) is 19.8 Å². The number of sulfonamides is 1. The van der Waals surface area contributed by atoms with Crippen LogP contribution in [0.2, 0.25) is 0 Å². The summed E-state index contributed by atoms with van der Waals surface area (Å²) in [4.78, 5) is 17.3. The molecule has 1 aromatic carbocycles. The molecule has 3 aliphatic heterocycles. The SMILES string of the molecule is Cc1cc(C(=O)N2C[C@H]3CC[C@@H]2CN(C)C3)cc(S(N)(=O)=O)c1C. The van der Waals surface area contributed by atoms with Gasteiger partial charge in [-0.3, -0.25) is 4.79 Å². The van der Waals surface area contributed by atoms with Crippen molar-refractivity contribution < 1.29 is 13.2 Å². The fourth-order valence-corrected chi connectivity index (χ4v) is 4.86. The number of carbonyl (C=O) groups excluding carboxylic acids is 1. The number of hydrogen-bond donors (Lipinski definition) is 1. The van der Waals surface area contributed by atoms with E-state index in [1.165, 1.54) is 6.07 Å². The predicted octanol–water partition coefficient (Wildman–Crippen LogP) is 1.12. The second kappa shape index (κ2) is 6.13. The van der Waals surface area contributed by atoms with E-state index in [1.807, 2.05) is 11.8 Å². The highest BCUT2D eigenvalue weighted by molar-refractivity contribution is 7.89. The Morgan fingerprint density at radius 1 is 1.17 bits per heavy atom. The van der Waals surface area contributed by atoms with E-state index in [4.69, 9.17) is 5.14 Å². The molecular formula is C17H25N3O3S. The van der Waals surface area contributed by atoms with Crippen molar-refractivity contribution in [3.63, 3.8) is 0 Å². The summed E-state index contributed by atoms with van der Waals surface area (Å²) >= 11 is 0. The van der Waals surface area contributed by atoms with Crippen molar-refractivity contribution in [3.05, 3.63) is 28.8 Å². The molecule has 6 nitrogen and oxygen atoms in total. The second-order valence-corrected chi connectivity index (χ2v) is 8.77. The molecule has 1 aromatic rings. The van der Waals surface area contributed by atoms with Gasteiger partial charge in [-0.25, -0.2) is 13.6 Å². The zero-order valence-electron chi connectivity index (χ0n) is 14.4. The summed E-state index contributed by atoms with van der Waals surface area (Å²) in [6.07, 6.45) is 2.15. The number of likely N-dealkylation sites (N-methyl/N-ethyl adjacent to an activating group) is 1. The minimum atomic E-state index is -3.85. The van der Waals surface area contributed by atoms with Crippen molar-refractivity contribution in [2.75, 3.05) is 26.7 Å². The van der Waals surface area contributed by atoms with Crippen molar-refractivity contribution in [1.29, 1.82) is 0 Å². The van der Waals surface area contributed by atoms with Crippen molar-refractivity contribution in [3.8, 4) is 0 Å². The number of hydrogen-bond acceptors (Lipinski definition) is 4. The number of rotatable bonds is 2. The van der Waals surface area contributed by atoms with E-state index in [1.54, 1.807) is 13.0 Å². The molecule has 2 atom stereocenters. The lowest BCUT2D eigenvalue weighted by Gasteiger charge is -2.36. The van der Waals surface area contributed by atoms with Crippen molar-refractivity contribution in [2.45, 2.75) is 37.6 Å². The number of nitrogens with zero attached hydrogens (tertiary/aromatic N) is 2. The van der Waals surface area contributed by atoms with Crippen LogP contribution in [0.5, 0.6) is 0 Å². The first-order valence-corrected chi connectivity index (χ1v) is 9.85. The van der Waals surface area contributed by atoms with E-state index < -0.39 is 10.0 Å². The molecule has 0 aromatic heterocycles. The summed E-state index contributed by atoms with van der Waals surface area (Å²) in [5, 5.41) is 5.32. The lowest BCUT2D eigenvalue weighted by Crippen LogP contribution is -2.47. The quantitative estimate of drug-likeness (QED) is 0.865. The Morgan fingerprint density at radius 3 is 2.54 bits per heavy atom. The van der Waals surface area contributed by atoms with Gasteiger partial charge in [0, 0.05) is 31.2 Å². The molecular weight excluding hydrogens is 326 g/mol. The van der Waals surface area contributed by atoms with Crippen molar-refractivity contribution >= 4 is 15.9 Å². The highest BCUT2D eigenvalue weighted by Gasteiger charge is 2.36. The van der Waals surface area contributed by atoms with Crippen LogP contribution in [0.25, 0.3) is 0 Å². The Kier molecular flexibility index (Phi) is 4.44. The van der Waals surface area contributed by atoms with Crippen molar-refractivity contribution in [1.82, 2.24) is 9.80 Å². The molecule has 2 N–H and O–H groups in total. The molecule has 4 rings (SSSR count). The minimum Gasteiger partial charge on any atom is -0.334 e. The largest absolute Gasteiger partial charge is 0.334 e. The number of benzene rings is 1. The zero-order valence-corrected chi connectivity index (χ0v) is 15.3. The number of aryl methyl sites for hydroxylation is 1. The van der Waals surface area contributed by atoms with Gasteiger partial charge < -0.3 is 9.80 Å². The maximum absolute atomic E-state index is 13.1. The van der Waals surface area contributed by atoms with Gasteiger partial charge >= 0.3 is 0 Å². The van der Waals surface area contributed by atoms with Crippen LogP contribution >= 0.6 is 0 Å². The first-order valence-electron chi connectivity index (χ1n) is 8.30. The third kappa shape index (κ3) is 3.20. The van der Waals surface area contributed by atoms with E-state index in [0.717, 1.165) is 38.0 Å². The number of carbonyl (C=O) groups is 1. The summed E-state index contributed by atoms with van der Waals surface area (Å²) in [6, 6.07) is 3.40. The normalized spacial score (nSPS) is 24.9. The van der Waals surface area contributed by atoms with Gasteiger partial charge in [0.15, 0.2) is 0 Å². The molecule has 0 aliphatic carbocycles. The number of fused-ring (bicyclic) bond motifs is 4. The molecule has 24 heavy (non-hydrogen) atoms. The molecule has 2 bridgehead atoms. The van der Waals surface area contributed by atoms with Crippen LogP contribution in [0.15, 0.2) is 17.0 Å². The fraction of sp³-hybridized carbons (Fsp3) is 0.588. The molecule has 0 unspecified atom stereocenters. The molecule has 0 spiro atoms. The minimum absolute atomic E-state index is 0.0444. The topological polar surface area (TPSA) is 83.7 Å². The van der Waals surface area contributed by atoms with Crippen molar-refractivity contribution in [2.24, 2.45) is 11.1 Å². The maximum atomic E-state index is 13.1. The second-order valence-electron chi connectivity index (χ2n) is 7.24. The molecule has 132 valence electrons. The van der Waals surface area contributed by atoms with Gasteiger partial charge in [0.1, 0.15) is 0 Å². The molecule has 0 radical (unpaired) electrons. The first kappa shape index (κ1) is 17.4. The Morgan fingerprint density at radius 2 is 1.88 bits per heavy atom. The van der Waals surface area contributed by atoms with Crippen LogP contribution in [0.3, 0.4) is 0 Å². The molecule has 7 heteroatoms. The number of nitrogens with two attached hydrogens (primary N) is 1. The van der Waals surface area contributed by atoms with E-state index in [0.29, 0.717) is 17.0 Å². The monoisotopic (exact) mass is 351 g/mol. The van der Waals surface area contributed by atoms with Gasteiger partial charge in [0.05, 0.1) is 4.90 Å². The van der Waals surface area contributed by atoms with Crippen LogP contribution < -0.4 is 5.14 Å². The van der Waals surface area contributed by atoms with E-state index in [2.05, 4.69) is 11.9 Å². The highest BCUT2D eigenvalue weighted by atomic mass is 32.2. The van der Waals surface area contributed by atoms with E-state index >= 15 is 0 Å². The number of amides is 1. The molecule has 3 fully saturated rings. The summed E-state index contributed by atoms with van der Waals surface area (Å²) in [5.41, 5.74) is 1.78. The fourth-order valence-electron chi connectivity index (χ4n) is 3.98. The number of primary sulfonamides is 1. The molecule has 3 saturated heterocycles. The average Bonchev–Trinajstić information content (AvgIpc) is 2.76. The van der Waals surface area contributed by atoms with Gasteiger partial charge in [-0.2, -0.15) is 0 Å². The van der Waals surface area contributed by atoms with Crippen LogP contribution in [-0.4, -0.2) is 56.8 Å². The Balaban J connectivity index is 1.97. The molecule has 3 aliphatic rings. The van der Waals surface area contributed by atoms with Crippen LogP contribution in [-0.2, 0) is 10.0 Å². The van der Waals surface area contributed by atoms with Gasteiger partial charge in [-0.05, 0) is 62.9 Å². The lowest BCUT2D eigenvalue weighted by atomic mass is 9.94. The number of piperidine rings is 1. The summed E-state index contributed by atoms with van der Waals surface area (Å²) in [6.45, 7) is 6.14. The van der Waals surface area contributed by atoms with E-state index in [-0.39, 0.29) is 16.8 Å². The van der Waals surface area contributed by atoms with Gasteiger partial charge in [0.25, 0.3) is 5.91 Å². The molecule has 3 heterocycles. The summed E-state index contributed by atoms with van der Waals surface area (Å²) in [5.74, 6) is 0.398. The molecule has 0 saturated carbocycles. The average molecular weight is 351 g/mol. The highest BCUT2D eigenvalue weighted by Crippen LogP contribution is 2.29. The van der Waals surface area contributed by atoms with Gasteiger partial charge in [-0.15, -0.1) is 0 Å². The van der Waals surface area contributed by atoms with Crippen LogP contribution in [0.1, 0.15) is 34.3 Å².